The van der Waals surface area contributed by atoms with Gasteiger partial charge in [0.25, 0.3) is 0 Å². The molecule has 2 amide bonds. The molecule has 0 aliphatic carbocycles. The molecule has 0 spiro atoms. The van der Waals surface area contributed by atoms with Gasteiger partial charge < -0.3 is 38.2 Å². The van der Waals surface area contributed by atoms with Crippen LogP contribution in [-0.2, 0) is 16.1 Å². The van der Waals surface area contributed by atoms with E-state index in [1.807, 2.05) is 41.3 Å². The Morgan fingerprint density at radius 2 is 1.51 bits per heavy atom. The Morgan fingerprint density at radius 1 is 0.822 bits per heavy atom. The summed E-state index contributed by atoms with van der Waals surface area (Å²) in [5.74, 6) is 3.05. The van der Waals surface area contributed by atoms with Gasteiger partial charge in [-0.05, 0) is 41.8 Å². The SMILES string of the molecule is COc1ccc([C@H]2[C@@H](C(=O)N3CCN(Cc4ccc5c(c4)OCO5)CC3)CCC(=O)N2c2cc(OC)c(OC)c(OC)c2)cc1. The predicted molar refractivity (Wildman–Crippen MR) is 166 cm³/mol. The number of piperidine rings is 1. The fourth-order valence-corrected chi connectivity index (χ4v) is 6.50. The highest BCUT2D eigenvalue weighted by molar-refractivity contribution is 5.98. The van der Waals surface area contributed by atoms with Gasteiger partial charge in [-0.25, -0.2) is 0 Å². The van der Waals surface area contributed by atoms with Gasteiger partial charge in [0.15, 0.2) is 23.0 Å². The third kappa shape index (κ3) is 6.04. The van der Waals surface area contributed by atoms with E-state index in [0.29, 0.717) is 48.2 Å². The number of benzene rings is 3. The topological polar surface area (TPSA) is 99.2 Å². The standard InChI is InChI=1S/C34H39N3O8/c1-40-25-8-6-23(7-9-25)32-26(10-12-31(38)37(32)24-18-29(41-2)33(43-4)30(19-24)42-3)34(39)36-15-13-35(14-16-36)20-22-5-11-27-28(17-22)45-21-44-27/h5-9,11,17-19,26,32H,10,12-16,20-21H2,1-4H3/t26-,32-/m0/s1. The lowest BCUT2D eigenvalue weighted by Crippen LogP contribution is -2.54. The second kappa shape index (κ2) is 13.2. The van der Waals surface area contributed by atoms with Crippen LogP contribution in [0, 0.1) is 5.92 Å². The average Bonchev–Trinajstić information content (AvgIpc) is 3.55. The van der Waals surface area contributed by atoms with Crippen molar-refractivity contribution in [1.82, 2.24) is 9.80 Å². The maximum Gasteiger partial charge on any atom is 0.231 e. The predicted octanol–water partition coefficient (Wildman–Crippen LogP) is 4.28. The Bertz CT molecular complexity index is 1510. The van der Waals surface area contributed by atoms with E-state index >= 15 is 0 Å². The zero-order valence-corrected chi connectivity index (χ0v) is 26.1. The van der Waals surface area contributed by atoms with Crippen LogP contribution < -0.4 is 33.3 Å². The van der Waals surface area contributed by atoms with Gasteiger partial charge in [0.2, 0.25) is 24.4 Å². The quantitative estimate of drug-likeness (QED) is 0.349. The number of hydrogen-bond donors (Lipinski definition) is 0. The van der Waals surface area contributed by atoms with Crippen molar-refractivity contribution in [1.29, 1.82) is 0 Å². The van der Waals surface area contributed by atoms with Crippen LogP contribution in [0.4, 0.5) is 5.69 Å². The molecule has 0 radical (unpaired) electrons. The first-order chi connectivity index (χ1) is 21.9. The van der Waals surface area contributed by atoms with E-state index in [1.54, 1.807) is 38.4 Å². The molecule has 0 unspecified atom stereocenters. The van der Waals surface area contributed by atoms with Gasteiger partial charge in [-0.2, -0.15) is 0 Å². The molecule has 3 heterocycles. The molecular weight excluding hydrogens is 578 g/mol. The van der Waals surface area contributed by atoms with E-state index in [9.17, 15) is 9.59 Å². The minimum absolute atomic E-state index is 0.0449. The number of carbonyl (C=O) groups excluding carboxylic acids is 2. The smallest absolute Gasteiger partial charge is 0.231 e. The highest BCUT2D eigenvalue weighted by Crippen LogP contribution is 2.47. The maximum absolute atomic E-state index is 14.3. The minimum Gasteiger partial charge on any atom is -0.497 e. The minimum atomic E-state index is -0.542. The first-order valence-corrected chi connectivity index (χ1v) is 15.1. The molecule has 3 aromatic rings. The fourth-order valence-electron chi connectivity index (χ4n) is 6.50. The van der Waals surface area contributed by atoms with E-state index in [4.69, 9.17) is 28.4 Å². The molecule has 238 valence electrons. The van der Waals surface area contributed by atoms with Crippen LogP contribution in [0.25, 0.3) is 0 Å². The van der Waals surface area contributed by atoms with E-state index in [2.05, 4.69) is 11.0 Å². The van der Waals surface area contributed by atoms with E-state index in [0.717, 1.165) is 42.3 Å². The Morgan fingerprint density at radius 3 is 2.16 bits per heavy atom. The van der Waals surface area contributed by atoms with Crippen LogP contribution in [0.5, 0.6) is 34.5 Å². The molecule has 3 aromatic carbocycles. The lowest BCUT2D eigenvalue weighted by Gasteiger charge is -2.44. The van der Waals surface area contributed by atoms with Crippen LogP contribution in [-0.4, -0.2) is 83.0 Å². The molecule has 0 aromatic heterocycles. The second-order valence-electron chi connectivity index (χ2n) is 11.3. The second-order valence-corrected chi connectivity index (χ2v) is 11.3. The molecule has 2 fully saturated rings. The van der Waals surface area contributed by atoms with Crippen LogP contribution in [0.3, 0.4) is 0 Å². The summed E-state index contributed by atoms with van der Waals surface area (Å²) in [6.07, 6.45) is 0.691. The molecule has 3 aliphatic heterocycles. The number of nitrogens with zero attached hydrogens (tertiary/aromatic N) is 3. The summed E-state index contributed by atoms with van der Waals surface area (Å²) < 4.78 is 33.1. The summed E-state index contributed by atoms with van der Waals surface area (Å²) in [5, 5.41) is 0. The van der Waals surface area contributed by atoms with E-state index in [-0.39, 0.29) is 25.0 Å². The molecule has 0 bridgehead atoms. The monoisotopic (exact) mass is 617 g/mol. The fraction of sp³-hybridized carbons (Fsp3) is 0.412. The van der Waals surface area contributed by atoms with Crippen molar-refractivity contribution in [2.75, 3.05) is 66.3 Å². The van der Waals surface area contributed by atoms with Crippen molar-refractivity contribution in [2.24, 2.45) is 5.92 Å². The lowest BCUT2D eigenvalue weighted by molar-refractivity contribution is -0.140. The van der Waals surface area contributed by atoms with Crippen molar-refractivity contribution in [3.63, 3.8) is 0 Å². The van der Waals surface area contributed by atoms with Crippen LogP contribution in [0.1, 0.15) is 30.0 Å². The summed E-state index contributed by atoms with van der Waals surface area (Å²) in [4.78, 5) is 34.1. The zero-order chi connectivity index (χ0) is 31.5. The number of amides is 2. The van der Waals surface area contributed by atoms with Crippen molar-refractivity contribution < 1.29 is 38.0 Å². The van der Waals surface area contributed by atoms with Gasteiger partial charge in [-0.15, -0.1) is 0 Å². The third-order valence-corrected chi connectivity index (χ3v) is 8.83. The number of hydrogen-bond acceptors (Lipinski definition) is 9. The number of ether oxygens (including phenoxy) is 6. The van der Waals surface area contributed by atoms with Gasteiger partial charge >= 0.3 is 0 Å². The Hall–Kier alpha value is -4.64. The van der Waals surface area contributed by atoms with Gasteiger partial charge in [0, 0.05) is 51.3 Å². The van der Waals surface area contributed by atoms with Crippen molar-refractivity contribution >= 4 is 17.5 Å². The summed E-state index contributed by atoms with van der Waals surface area (Å²) in [7, 11) is 6.23. The van der Waals surface area contributed by atoms with Gasteiger partial charge in [0.1, 0.15) is 5.75 Å². The highest BCUT2D eigenvalue weighted by atomic mass is 16.7. The van der Waals surface area contributed by atoms with Gasteiger partial charge in [-0.3, -0.25) is 14.5 Å². The summed E-state index contributed by atoms with van der Waals surface area (Å²) in [6.45, 7) is 3.72. The van der Waals surface area contributed by atoms with Crippen molar-refractivity contribution in [3.8, 4) is 34.5 Å². The highest BCUT2D eigenvalue weighted by Gasteiger charge is 2.44. The number of methoxy groups -OCH3 is 4. The van der Waals surface area contributed by atoms with Crippen molar-refractivity contribution in [2.45, 2.75) is 25.4 Å². The molecule has 45 heavy (non-hydrogen) atoms. The normalized spacial score (nSPS) is 19.8. The Kier molecular flexibility index (Phi) is 8.88. The molecule has 2 atom stereocenters. The Labute approximate surface area is 263 Å². The first kappa shape index (κ1) is 30.4. The first-order valence-electron chi connectivity index (χ1n) is 15.1. The number of anilines is 1. The molecular formula is C34H39N3O8. The number of piperazine rings is 1. The molecule has 0 N–H and O–H groups in total. The van der Waals surface area contributed by atoms with Gasteiger partial charge in [-0.1, -0.05) is 18.2 Å². The number of fused-ring (bicyclic) bond motifs is 1. The van der Waals surface area contributed by atoms with E-state index in [1.165, 1.54) is 7.11 Å². The summed E-state index contributed by atoms with van der Waals surface area (Å²) in [6, 6.07) is 16.6. The maximum atomic E-state index is 14.3. The molecule has 3 aliphatic rings. The van der Waals surface area contributed by atoms with E-state index < -0.39 is 12.0 Å². The summed E-state index contributed by atoms with van der Waals surface area (Å²) >= 11 is 0. The third-order valence-electron chi connectivity index (χ3n) is 8.83. The van der Waals surface area contributed by atoms with Crippen LogP contribution in [0.2, 0.25) is 0 Å². The average molecular weight is 618 g/mol. The number of rotatable bonds is 9. The zero-order valence-electron chi connectivity index (χ0n) is 26.1. The largest absolute Gasteiger partial charge is 0.497 e. The molecule has 11 nitrogen and oxygen atoms in total. The molecule has 0 saturated carbocycles. The van der Waals surface area contributed by atoms with Crippen LogP contribution in [0.15, 0.2) is 54.6 Å². The lowest BCUT2D eigenvalue weighted by atomic mass is 9.82. The van der Waals surface area contributed by atoms with Gasteiger partial charge in [0.05, 0.1) is 46.1 Å². The molecule has 11 heteroatoms. The number of carbonyl (C=O) groups is 2. The Balaban J connectivity index is 1.26. The summed E-state index contributed by atoms with van der Waals surface area (Å²) in [5.41, 5.74) is 2.56. The molecule has 2 saturated heterocycles. The van der Waals surface area contributed by atoms with Crippen molar-refractivity contribution in [3.05, 3.63) is 65.7 Å². The van der Waals surface area contributed by atoms with Crippen LogP contribution >= 0.6 is 0 Å². The molecule has 6 rings (SSSR count).